The van der Waals surface area contributed by atoms with E-state index in [9.17, 15) is 4.79 Å². The summed E-state index contributed by atoms with van der Waals surface area (Å²) in [5.41, 5.74) is 8.64. The van der Waals surface area contributed by atoms with E-state index in [1.807, 2.05) is 12.1 Å². The second kappa shape index (κ2) is 8.24. The molecule has 4 nitrogen and oxygen atoms in total. The van der Waals surface area contributed by atoms with Gasteiger partial charge in [0.15, 0.2) is 0 Å². The number of benzene rings is 2. The second-order valence-electron chi connectivity index (χ2n) is 7.87. The molecule has 3 atom stereocenters. The topological polar surface area (TPSA) is 49.6 Å². The van der Waals surface area contributed by atoms with E-state index in [1.165, 1.54) is 11.1 Å². The van der Waals surface area contributed by atoms with Crippen LogP contribution in [-0.2, 0) is 11.3 Å². The first-order chi connectivity index (χ1) is 13.3. The van der Waals surface area contributed by atoms with Crippen molar-refractivity contribution in [3.8, 4) is 0 Å². The maximum Gasteiger partial charge on any atom is 0.239 e. The summed E-state index contributed by atoms with van der Waals surface area (Å²) in [7, 11) is 0. The van der Waals surface area contributed by atoms with Crippen molar-refractivity contribution >= 4 is 5.91 Å². The van der Waals surface area contributed by atoms with Crippen molar-refractivity contribution in [1.29, 1.82) is 0 Å². The molecule has 0 saturated carbocycles. The molecule has 0 bridgehead atoms. The van der Waals surface area contributed by atoms with Gasteiger partial charge in [-0.1, -0.05) is 60.7 Å². The SMILES string of the molecule is NC[C@@H]1CN(C(=O)C2CCCN2Cc2ccccc2)C[C@H]1c1ccccc1. The highest BCUT2D eigenvalue weighted by Gasteiger charge is 2.40. The maximum atomic E-state index is 13.3. The fraction of sp³-hybridized carbons (Fsp3) is 0.435. The second-order valence-corrected chi connectivity index (χ2v) is 7.87. The van der Waals surface area contributed by atoms with Crippen molar-refractivity contribution in [2.75, 3.05) is 26.2 Å². The van der Waals surface area contributed by atoms with E-state index < -0.39 is 0 Å². The van der Waals surface area contributed by atoms with Gasteiger partial charge in [-0.25, -0.2) is 0 Å². The van der Waals surface area contributed by atoms with Crippen LogP contribution in [0.3, 0.4) is 0 Å². The van der Waals surface area contributed by atoms with Crippen LogP contribution in [0, 0.1) is 5.92 Å². The van der Waals surface area contributed by atoms with Crippen LogP contribution in [0.15, 0.2) is 60.7 Å². The molecule has 27 heavy (non-hydrogen) atoms. The molecule has 4 rings (SSSR count). The van der Waals surface area contributed by atoms with Crippen molar-refractivity contribution < 1.29 is 4.79 Å². The van der Waals surface area contributed by atoms with Gasteiger partial charge in [-0.15, -0.1) is 0 Å². The van der Waals surface area contributed by atoms with Gasteiger partial charge in [-0.05, 0) is 43.0 Å². The Kier molecular flexibility index (Phi) is 5.55. The number of nitrogens with two attached hydrogens (primary N) is 1. The molecule has 0 spiro atoms. The van der Waals surface area contributed by atoms with E-state index >= 15 is 0 Å². The lowest BCUT2D eigenvalue weighted by Gasteiger charge is -2.28. The normalized spacial score (nSPS) is 25.8. The van der Waals surface area contributed by atoms with Crippen molar-refractivity contribution in [3.63, 3.8) is 0 Å². The van der Waals surface area contributed by atoms with Crippen LogP contribution in [0.4, 0.5) is 0 Å². The Labute approximate surface area is 162 Å². The summed E-state index contributed by atoms with van der Waals surface area (Å²) in [4.78, 5) is 17.8. The minimum Gasteiger partial charge on any atom is -0.340 e. The molecule has 1 amide bonds. The van der Waals surface area contributed by atoms with Crippen LogP contribution in [-0.4, -0.2) is 47.9 Å². The Morgan fingerprint density at radius 1 is 1.00 bits per heavy atom. The van der Waals surface area contributed by atoms with Gasteiger partial charge in [0.1, 0.15) is 0 Å². The number of likely N-dealkylation sites (tertiary alicyclic amines) is 2. The third-order valence-electron chi connectivity index (χ3n) is 6.16. The van der Waals surface area contributed by atoms with Gasteiger partial charge in [0.05, 0.1) is 6.04 Å². The molecular formula is C23H29N3O. The summed E-state index contributed by atoms with van der Waals surface area (Å²) in [6.07, 6.45) is 2.06. The summed E-state index contributed by atoms with van der Waals surface area (Å²) >= 11 is 0. The van der Waals surface area contributed by atoms with Gasteiger partial charge in [-0.3, -0.25) is 9.69 Å². The number of rotatable bonds is 5. The third kappa shape index (κ3) is 3.92. The van der Waals surface area contributed by atoms with Gasteiger partial charge < -0.3 is 10.6 Å². The zero-order valence-corrected chi connectivity index (χ0v) is 15.8. The highest BCUT2D eigenvalue weighted by atomic mass is 16.2. The minimum atomic E-state index is 0.0122. The Bertz CT molecular complexity index is 749. The predicted molar refractivity (Wildman–Crippen MR) is 108 cm³/mol. The Morgan fingerprint density at radius 3 is 2.41 bits per heavy atom. The average molecular weight is 364 g/mol. The predicted octanol–water partition coefficient (Wildman–Crippen LogP) is 2.85. The maximum absolute atomic E-state index is 13.3. The van der Waals surface area contributed by atoms with E-state index in [0.717, 1.165) is 39.0 Å². The van der Waals surface area contributed by atoms with Crippen LogP contribution in [0.1, 0.15) is 29.9 Å². The molecule has 2 saturated heterocycles. The molecule has 4 heteroatoms. The standard InChI is InChI=1S/C23H29N3O/c24-14-20-16-26(17-21(20)19-10-5-2-6-11-19)23(27)22-12-7-13-25(22)15-18-8-3-1-4-9-18/h1-6,8-11,20-22H,7,12-17,24H2/t20-,21+,22?/m1/s1. The number of hydrogen-bond acceptors (Lipinski definition) is 3. The first kappa shape index (κ1) is 18.2. The van der Waals surface area contributed by atoms with Gasteiger partial charge in [0, 0.05) is 25.6 Å². The minimum absolute atomic E-state index is 0.0122. The molecule has 2 aromatic rings. The number of carbonyl (C=O) groups is 1. The highest BCUT2D eigenvalue weighted by Crippen LogP contribution is 2.33. The van der Waals surface area contributed by atoms with Crippen molar-refractivity contribution in [2.24, 2.45) is 11.7 Å². The van der Waals surface area contributed by atoms with E-state index in [-0.39, 0.29) is 6.04 Å². The molecule has 1 unspecified atom stereocenters. The largest absolute Gasteiger partial charge is 0.340 e. The van der Waals surface area contributed by atoms with Gasteiger partial charge >= 0.3 is 0 Å². The summed E-state index contributed by atoms with van der Waals surface area (Å²) < 4.78 is 0. The Hall–Kier alpha value is -2.17. The molecule has 2 N–H and O–H groups in total. The average Bonchev–Trinajstić information content (AvgIpc) is 3.36. The van der Waals surface area contributed by atoms with E-state index in [0.29, 0.717) is 24.3 Å². The zero-order valence-electron chi connectivity index (χ0n) is 15.8. The summed E-state index contributed by atoms with van der Waals surface area (Å²) in [6.45, 7) is 4.06. The van der Waals surface area contributed by atoms with Crippen LogP contribution < -0.4 is 5.73 Å². The molecule has 2 aromatic carbocycles. The van der Waals surface area contributed by atoms with E-state index in [2.05, 4.69) is 58.3 Å². The number of nitrogens with zero attached hydrogens (tertiary/aromatic N) is 2. The van der Waals surface area contributed by atoms with Crippen LogP contribution in [0.5, 0.6) is 0 Å². The zero-order chi connectivity index (χ0) is 18.6. The number of hydrogen-bond donors (Lipinski definition) is 1. The monoisotopic (exact) mass is 363 g/mol. The fourth-order valence-electron chi connectivity index (χ4n) is 4.69. The third-order valence-corrected chi connectivity index (χ3v) is 6.16. The lowest BCUT2D eigenvalue weighted by atomic mass is 9.89. The molecule has 2 aliphatic heterocycles. The van der Waals surface area contributed by atoms with Gasteiger partial charge in [-0.2, -0.15) is 0 Å². The van der Waals surface area contributed by atoms with Crippen LogP contribution in [0.2, 0.25) is 0 Å². The summed E-state index contributed by atoms with van der Waals surface area (Å²) in [5, 5.41) is 0. The first-order valence-electron chi connectivity index (χ1n) is 10.1. The highest BCUT2D eigenvalue weighted by molar-refractivity contribution is 5.82. The van der Waals surface area contributed by atoms with Crippen LogP contribution >= 0.6 is 0 Å². The van der Waals surface area contributed by atoms with Crippen LogP contribution in [0.25, 0.3) is 0 Å². The molecule has 2 fully saturated rings. The van der Waals surface area contributed by atoms with Gasteiger partial charge in [0.25, 0.3) is 0 Å². The molecule has 2 aliphatic rings. The van der Waals surface area contributed by atoms with Crippen molar-refractivity contribution in [2.45, 2.75) is 31.3 Å². The van der Waals surface area contributed by atoms with Gasteiger partial charge in [0.2, 0.25) is 5.91 Å². The Morgan fingerprint density at radius 2 is 1.70 bits per heavy atom. The summed E-state index contributed by atoms with van der Waals surface area (Å²) in [5.74, 6) is 0.991. The van der Waals surface area contributed by atoms with Crippen molar-refractivity contribution in [1.82, 2.24) is 9.80 Å². The quantitative estimate of drug-likeness (QED) is 0.889. The Balaban J connectivity index is 1.45. The lowest BCUT2D eigenvalue weighted by Crippen LogP contribution is -2.44. The molecule has 2 heterocycles. The molecule has 0 radical (unpaired) electrons. The fourth-order valence-corrected chi connectivity index (χ4v) is 4.69. The molecule has 142 valence electrons. The lowest BCUT2D eigenvalue weighted by molar-refractivity contribution is -0.135. The summed E-state index contributed by atoms with van der Waals surface area (Å²) in [6, 6.07) is 21.0. The smallest absolute Gasteiger partial charge is 0.239 e. The number of amides is 1. The molecule has 0 aliphatic carbocycles. The number of carbonyl (C=O) groups excluding carboxylic acids is 1. The van der Waals surface area contributed by atoms with E-state index in [4.69, 9.17) is 5.73 Å². The molecular weight excluding hydrogens is 334 g/mol. The van der Waals surface area contributed by atoms with Crippen molar-refractivity contribution in [3.05, 3.63) is 71.8 Å². The molecule has 0 aromatic heterocycles. The van der Waals surface area contributed by atoms with E-state index in [1.54, 1.807) is 0 Å². The first-order valence-corrected chi connectivity index (χ1v) is 10.1.